The van der Waals surface area contributed by atoms with Crippen molar-refractivity contribution in [3.63, 3.8) is 0 Å². The van der Waals surface area contributed by atoms with Crippen molar-refractivity contribution in [2.75, 3.05) is 11.9 Å². The number of carbonyl (C=O) groups is 2. The van der Waals surface area contributed by atoms with E-state index in [-0.39, 0.29) is 5.91 Å². The highest BCUT2D eigenvalue weighted by atomic mass is 16.5. The topological polar surface area (TPSA) is 75.6 Å². The second kappa shape index (κ2) is 7.79. The first-order valence-electron chi connectivity index (χ1n) is 7.04. The van der Waals surface area contributed by atoms with Crippen molar-refractivity contribution in [3.05, 3.63) is 65.7 Å². The van der Waals surface area contributed by atoms with Gasteiger partial charge in [-0.05, 0) is 42.8 Å². The molecular weight excluding hydrogens is 294 g/mol. The number of carboxylic acids is 1. The molecule has 0 aliphatic rings. The van der Waals surface area contributed by atoms with Crippen molar-refractivity contribution in [2.24, 2.45) is 0 Å². The van der Waals surface area contributed by atoms with Crippen LogP contribution in [0.25, 0.3) is 6.08 Å². The first kappa shape index (κ1) is 16.3. The third-order valence-corrected chi connectivity index (χ3v) is 3.02. The summed E-state index contributed by atoms with van der Waals surface area (Å²) in [6.07, 6.45) is 1.81. The minimum atomic E-state index is -1.04. The number of ether oxygens (including phenoxy) is 1. The quantitative estimate of drug-likeness (QED) is 0.803. The predicted octanol–water partition coefficient (Wildman–Crippen LogP) is 3.19. The molecule has 0 aromatic heterocycles. The second-order valence-electron chi connectivity index (χ2n) is 4.90. The molecule has 0 fully saturated rings. The second-order valence-corrected chi connectivity index (χ2v) is 4.90. The maximum Gasteiger partial charge on any atom is 0.341 e. The van der Waals surface area contributed by atoms with Crippen LogP contribution in [0.5, 0.6) is 5.75 Å². The fourth-order valence-electron chi connectivity index (χ4n) is 1.87. The minimum absolute atomic E-state index is 0.201. The summed E-state index contributed by atoms with van der Waals surface area (Å²) in [5.41, 5.74) is 2.15. The lowest BCUT2D eigenvalue weighted by Gasteiger charge is -2.07. The Morgan fingerprint density at radius 1 is 1.09 bits per heavy atom. The number of hydrogen-bond donors (Lipinski definition) is 2. The maximum atomic E-state index is 12.1. The van der Waals surface area contributed by atoms with E-state index in [1.807, 2.05) is 30.3 Å². The van der Waals surface area contributed by atoms with Crippen molar-refractivity contribution in [3.8, 4) is 5.75 Å². The number of carboxylic acid groups (broad SMARTS) is 1. The van der Waals surface area contributed by atoms with Crippen LogP contribution in [0.4, 0.5) is 5.69 Å². The lowest BCUT2D eigenvalue weighted by atomic mass is 10.1. The number of nitrogens with one attached hydrogen (secondary N) is 1. The number of carbonyl (C=O) groups excluding carboxylic acids is 1. The zero-order valence-corrected chi connectivity index (χ0v) is 12.7. The summed E-state index contributed by atoms with van der Waals surface area (Å²) in [4.78, 5) is 22.6. The molecule has 118 valence electrons. The van der Waals surface area contributed by atoms with Gasteiger partial charge in [-0.25, -0.2) is 4.79 Å². The van der Waals surface area contributed by atoms with E-state index in [4.69, 9.17) is 9.84 Å². The summed E-state index contributed by atoms with van der Waals surface area (Å²) in [6, 6.07) is 16.1. The van der Waals surface area contributed by atoms with Crippen molar-refractivity contribution >= 4 is 23.6 Å². The lowest BCUT2D eigenvalue weighted by Crippen LogP contribution is -2.12. The summed E-state index contributed by atoms with van der Waals surface area (Å²) >= 11 is 0. The Morgan fingerprint density at radius 2 is 1.74 bits per heavy atom. The average Bonchev–Trinajstić information content (AvgIpc) is 2.55. The zero-order valence-electron chi connectivity index (χ0n) is 12.7. The largest absolute Gasteiger partial charge is 0.482 e. The van der Waals surface area contributed by atoms with Crippen molar-refractivity contribution < 1.29 is 19.4 Å². The van der Waals surface area contributed by atoms with E-state index < -0.39 is 12.6 Å². The van der Waals surface area contributed by atoms with E-state index in [0.29, 0.717) is 17.0 Å². The molecule has 23 heavy (non-hydrogen) atoms. The normalized spacial score (nSPS) is 10.9. The SMILES string of the molecule is C/C(=C\c1ccccc1)C(=O)Nc1ccc(OCC(=O)O)cc1. The van der Waals surface area contributed by atoms with Crippen LogP contribution in [0, 0.1) is 0 Å². The van der Waals surface area contributed by atoms with Gasteiger partial charge in [0.2, 0.25) is 0 Å². The summed E-state index contributed by atoms with van der Waals surface area (Å²) in [5, 5.41) is 11.3. The molecule has 0 saturated heterocycles. The maximum absolute atomic E-state index is 12.1. The number of amides is 1. The third kappa shape index (κ3) is 5.32. The fourth-order valence-corrected chi connectivity index (χ4v) is 1.87. The molecule has 0 aliphatic heterocycles. The number of aliphatic carboxylic acids is 1. The van der Waals surface area contributed by atoms with Gasteiger partial charge in [-0.15, -0.1) is 0 Å². The van der Waals surface area contributed by atoms with Crippen LogP contribution in [-0.2, 0) is 9.59 Å². The van der Waals surface area contributed by atoms with Crippen LogP contribution in [0.1, 0.15) is 12.5 Å². The monoisotopic (exact) mass is 311 g/mol. The molecule has 0 heterocycles. The minimum Gasteiger partial charge on any atom is -0.482 e. The molecule has 2 aromatic carbocycles. The molecule has 1 amide bonds. The molecule has 0 bridgehead atoms. The van der Waals surface area contributed by atoms with Crippen LogP contribution in [0.2, 0.25) is 0 Å². The van der Waals surface area contributed by atoms with Gasteiger partial charge in [0.05, 0.1) is 0 Å². The Labute approximate surface area is 134 Å². The highest BCUT2D eigenvalue weighted by Crippen LogP contribution is 2.16. The van der Waals surface area contributed by atoms with Crippen LogP contribution in [0.3, 0.4) is 0 Å². The van der Waals surface area contributed by atoms with E-state index in [0.717, 1.165) is 5.56 Å². The average molecular weight is 311 g/mol. The summed E-state index contributed by atoms with van der Waals surface area (Å²) in [7, 11) is 0. The number of rotatable bonds is 6. The van der Waals surface area contributed by atoms with Crippen LogP contribution >= 0.6 is 0 Å². The van der Waals surface area contributed by atoms with Gasteiger partial charge in [-0.2, -0.15) is 0 Å². The van der Waals surface area contributed by atoms with Crippen molar-refractivity contribution in [2.45, 2.75) is 6.92 Å². The molecular formula is C18H17NO4. The van der Waals surface area contributed by atoms with E-state index in [1.165, 1.54) is 0 Å². The van der Waals surface area contributed by atoms with Gasteiger partial charge in [-0.1, -0.05) is 30.3 Å². The smallest absolute Gasteiger partial charge is 0.341 e. The molecule has 0 radical (unpaired) electrons. The molecule has 5 heteroatoms. The van der Waals surface area contributed by atoms with Crippen LogP contribution in [-0.4, -0.2) is 23.6 Å². The summed E-state index contributed by atoms with van der Waals surface area (Å²) in [6.45, 7) is 1.34. The Balaban J connectivity index is 1.97. The first-order chi connectivity index (χ1) is 11.0. The van der Waals surface area contributed by atoms with Crippen LogP contribution in [0.15, 0.2) is 60.2 Å². The molecule has 0 aliphatic carbocycles. The van der Waals surface area contributed by atoms with Gasteiger partial charge in [0, 0.05) is 11.3 Å². The summed E-state index contributed by atoms with van der Waals surface area (Å²) in [5.74, 6) is -0.806. The molecule has 0 saturated carbocycles. The van der Waals surface area contributed by atoms with Gasteiger partial charge in [-0.3, -0.25) is 4.79 Å². The predicted molar refractivity (Wildman–Crippen MR) is 88.3 cm³/mol. The molecule has 2 N–H and O–H groups in total. The highest BCUT2D eigenvalue weighted by Gasteiger charge is 2.05. The van der Waals surface area contributed by atoms with Gasteiger partial charge in [0.25, 0.3) is 5.91 Å². The van der Waals surface area contributed by atoms with Gasteiger partial charge in [0.1, 0.15) is 5.75 Å². The molecule has 0 atom stereocenters. The van der Waals surface area contributed by atoms with Crippen molar-refractivity contribution in [1.29, 1.82) is 0 Å². The molecule has 2 rings (SSSR count). The van der Waals surface area contributed by atoms with E-state index in [9.17, 15) is 9.59 Å². The lowest BCUT2D eigenvalue weighted by molar-refractivity contribution is -0.139. The fraction of sp³-hybridized carbons (Fsp3) is 0.111. The molecule has 0 spiro atoms. The number of hydrogen-bond acceptors (Lipinski definition) is 3. The first-order valence-corrected chi connectivity index (χ1v) is 7.04. The number of benzene rings is 2. The van der Waals surface area contributed by atoms with Gasteiger partial charge in [0.15, 0.2) is 6.61 Å². The Morgan fingerprint density at radius 3 is 2.35 bits per heavy atom. The Kier molecular flexibility index (Phi) is 5.52. The Hall–Kier alpha value is -3.08. The molecule has 5 nitrogen and oxygen atoms in total. The van der Waals surface area contributed by atoms with E-state index in [1.54, 1.807) is 37.3 Å². The number of anilines is 1. The Bertz CT molecular complexity index is 706. The van der Waals surface area contributed by atoms with Gasteiger partial charge >= 0.3 is 5.97 Å². The van der Waals surface area contributed by atoms with E-state index >= 15 is 0 Å². The molecule has 2 aromatic rings. The standard InChI is InChI=1S/C18H17NO4/c1-13(11-14-5-3-2-4-6-14)18(22)19-15-7-9-16(10-8-15)23-12-17(20)21/h2-11H,12H2,1H3,(H,19,22)(H,20,21)/b13-11+. The van der Waals surface area contributed by atoms with Crippen molar-refractivity contribution in [1.82, 2.24) is 0 Å². The van der Waals surface area contributed by atoms with Crippen LogP contribution < -0.4 is 10.1 Å². The zero-order chi connectivity index (χ0) is 16.7. The highest BCUT2D eigenvalue weighted by molar-refractivity contribution is 6.06. The van der Waals surface area contributed by atoms with E-state index in [2.05, 4.69) is 5.32 Å². The summed E-state index contributed by atoms with van der Waals surface area (Å²) < 4.78 is 5.03. The molecule has 0 unspecified atom stereocenters. The third-order valence-electron chi connectivity index (χ3n) is 3.02. The van der Waals surface area contributed by atoms with Gasteiger partial charge < -0.3 is 15.2 Å².